The minimum absolute atomic E-state index is 0. The molecule has 0 aromatic heterocycles. The molecule has 0 N–H and O–H groups in total. The Morgan fingerprint density at radius 1 is 0.923 bits per heavy atom. The van der Waals surface area contributed by atoms with Gasteiger partial charge in [-0.3, -0.25) is 9.80 Å². The van der Waals surface area contributed by atoms with Gasteiger partial charge in [0, 0.05) is 25.1 Å². The van der Waals surface area contributed by atoms with E-state index in [1.165, 1.54) is 0 Å². The number of carbonyl (C=O) groups is 1. The summed E-state index contributed by atoms with van der Waals surface area (Å²) in [5.41, 5.74) is 1.77. The van der Waals surface area contributed by atoms with Crippen molar-refractivity contribution in [3.05, 3.63) is 66.2 Å². The largest absolute Gasteiger partial charge is 1.00 e. The molecule has 26 heavy (non-hydrogen) atoms. The van der Waals surface area contributed by atoms with Crippen LogP contribution >= 0.6 is 0 Å². The van der Waals surface area contributed by atoms with Gasteiger partial charge in [-0.2, -0.15) is 0 Å². The number of amides is 1. The number of nitrogens with zero attached hydrogens (tertiary/aromatic N) is 3. The summed E-state index contributed by atoms with van der Waals surface area (Å²) in [6, 6.07) is 19.6. The molecule has 2 aromatic rings. The van der Waals surface area contributed by atoms with Crippen LogP contribution in [0.5, 0.6) is 0 Å². The summed E-state index contributed by atoms with van der Waals surface area (Å²) in [6.07, 6.45) is 0.950. The van der Waals surface area contributed by atoms with Gasteiger partial charge in [0.15, 0.2) is 0 Å². The van der Waals surface area contributed by atoms with Gasteiger partial charge in [0.25, 0.3) is 5.91 Å². The molecule has 0 spiro atoms. The maximum atomic E-state index is 13.2. The summed E-state index contributed by atoms with van der Waals surface area (Å²) in [5, 5.41) is 3.96. The van der Waals surface area contributed by atoms with E-state index in [4.69, 9.17) is 0 Å². The molecular weight excluding hydrogens is 437 g/mol. The second kappa shape index (κ2) is 10.5. The van der Waals surface area contributed by atoms with E-state index in [-0.39, 0.29) is 29.9 Å². The predicted octanol–water partition coefficient (Wildman–Crippen LogP) is 0.671. The van der Waals surface area contributed by atoms with E-state index in [9.17, 15) is 4.79 Å². The quantitative estimate of drug-likeness (QED) is 0.324. The van der Waals surface area contributed by atoms with Crippen LogP contribution in [0.4, 0.5) is 5.69 Å². The molecule has 0 aliphatic carbocycles. The Labute approximate surface area is 175 Å². The Bertz CT molecular complexity index is 656. The number of rotatable bonds is 8. The Hall–Kier alpha value is -1.60. The van der Waals surface area contributed by atoms with Gasteiger partial charge in [-0.1, -0.05) is 36.4 Å². The maximum Gasteiger partial charge on any atom is 0.272 e. The van der Waals surface area contributed by atoms with Crippen molar-refractivity contribution in [2.45, 2.75) is 13.3 Å². The first kappa shape index (κ1) is 22.4. The molecule has 0 bridgehead atoms. The molecule has 1 amide bonds. The van der Waals surface area contributed by atoms with E-state index in [2.05, 4.69) is 45.2 Å². The summed E-state index contributed by atoms with van der Waals surface area (Å²) in [7, 11) is 6.54. The van der Waals surface area contributed by atoms with Crippen molar-refractivity contribution in [3.8, 4) is 0 Å². The van der Waals surface area contributed by atoms with Crippen molar-refractivity contribution < 1.29 is 33.3 Å². The van der Waals surface area contributed by atoms with E-state index < -0.39 is 0 Å². The van der Waals surface area contributed by atoms with E-state index in [0.717, 1.165) is 35.2 Å². The Morgan fingerprint density at radius 2 is 1.46 bits per heavy atom. The third-order valence-electron chi connectivity index (χ3n) is 4.10. The third kappa shape index (κ3) is 6.61. The zero-order chi connectivity index (χ0) is 18.3. The van der Waals surface area contributed by atoms with Gasteiger partial charge < -0.3 is 28.5 Å². The van der Waals surface area contributed by atoms with Crippen LogP contribution in [0.15, 0.2) is 60.7 Å². The number of carbonyl (C=O) groups excluding carboxylic acids is 1. The van der Waals surface area contributed by atoms with Gasteiger partial charge in [-0.15, -0.1) is 0 Å². The van der Waals surface area contributed by atoms with E-state index >= 15 is 0 Å². The fourth-order valence-electron chi connectivity index (χ4n) is 2.85. The van der Waals surface area contributed by atoms with Crippen molar-refractivity contribution in [1.82, 2.24) is 5.01 Å². The fraction of sp³-hybridized carbons (Fsp3) is 0.381. The molecular formula is C21H30IN3O. The van der Waals surface area contributed by atoms with Crippen molar-refractivity contribution in [1.29, 1.82) is 0 Å². The number of anilines is 1. The summed E-state index contributed by atoms with van der Waals surface area (Å²) in [5.74, 6) is 0.0488. The molecule has 0 fully saturated rings. The van der Waals surface area contributed by atoms with Crippen LogP contribution in [0.1, 0.15) is 23.7 Å². The highest BCUT2D eigenvalue weighted by Gasteiger charge is 2.22. The van der Waals surface area contributed by atoms with E-state index in [1.54, 1.807) is 0 Å². The van der Waals surface area contributed by atoms with Crippen LogP contribution < -0.4 is 29.0 Å². The summed E-state index contributed by atoms with van der Waals surface area (Å²) >= 11 is 0. The maximum absolute atomic E-state index is 13.2. The minimum Gasteiger partial charge on any atom is -1.00 e. The number of quaternary nitrogens is 1. The second-order valence-electron chi connectivity index (χ2n) is 7.21. The highest BCUT2D eigenvalue weighted by Crippen LogP contribution is 2.18. The minimum atomic E-state index is 0. The highest BCUT2D eigenvalue weighted by atomic mass is 127. The number of hydrazine groups is 1. The molecule has 2 rings (SSSR count). The van der Waals surface area contributed by atoms with Crippen LogP contribution in [0.25, 0.3) is 0 Å². The molecule has 0 saturated carbocycles. The Kier molecular flexibility index (Phi) is 9.08. The molecule has 5 heteroatoms. The van der Waals surface area contributed by atoms with E-state index in [0.29, 0.717) is 6.54 Å². The molecule has 0 unspecified atom stereocenters. The molecule has 142 valence electrons. The molecule has 0 saturated heterocycles. The fourth-order valence-corrected chi connectivity index (χ4v) is 2.85. The van der Waals surface area contributed by atoms with Gasteiger partial charge >= 0.3 is 0 Å². The number of para-hydroxylation sites is 1. The van der Waals surface area contributed by atoms with Gasteiger partial charge in [0.05, 0.1) is 33.4 Å². The number of hydrogen-bond acceptors (Lipinski definition) is 2. The third-order valence-corrected chi connectivity index (χ3v) is 4.10. The van der Waals surface area contributed by atoms with Crippen LogP contribution in [-0.2, 0) is 0 Å². The van der Waals surface area contributed by atoms with Gasteiger partial charge in [0.1, 0.15) is 0 Å². The molecule has 0 radical (unpaired) electrons. The molecule has 2 aromatic carbocycles. The monoisotopic (exact) mass is 467 g/mol. The van der Waals surface area contributed by atoms with Crippen molar-refractivity contribution in [3.63, 3.8) is 0 Å². The summed E-state index contributed by atoms with van der Waals surface area (Å²) in [6.45, 7) is 4.54. The van der Waals surface area contributed by atoms with Crippen LogP contribution in [0.3, 0.4) is 0 Å². The highest BCUT2D eigenvalue weighted by molar-refractivity contribution is 5.95. The zero-order valence-electron chi connectivity index (χ0n) is 16.2. The topological polar surface area (TPSA) is 23.6 Å². The predicted molar refractivity (Wildman–Crippen MR) is 104 cm³/mol. The van der Waals surface area contributed by atoms with Gasteiger partial charge in [-0.25, -0.2) is 5.01 Å². The molecule has 0 aliphatic heterocycles. The SMILES string of the molecule is CCN(c1ccccc1)N(CCC[N+](C)(C)C)C(=O)c1ccccc1.[I-]. The van der Waals surface area contributed by atoms with Crippen molar-refractivity contribution >= 4 is 11.6 Å². The van der Waals surface area contributed by atoms with Gasteiger partial charge in [-0.05, 0) is 31.2 Å². The smallest absolute Gasteiger partial charge is 0.272 e. The van der Waals surface area contributed by atoms with Gasteiger partial charge in [0.2, 0.25) is 0 Å². The molecule has 0 heterocycles. The lowest BCUT2D eigenvalue weighted by Crippen LogP contribution is -3.00. The number of halogens is 1. The van der Waals surface area contributed by atoms with E-state index in [1.807, 2.05) is 53.5 Å². The molecule has 0 aliphatic rings. The second-order valence-corrected chi connectivity index (χ2v) is 7.21. The lowest BCUT2D eigenvalue weighted by Gasteiger charge is -2.36. The van der Waals surface area contributed by atoms with Crippen molar-refractivity contribution in [2.24, 2.45) is 0 Å². The normalized spacial score (nSPS) is 10.8. The van der Waals surface area contributed by atoms with Crippen LogP contribution in [0.2, 0.25) is 0 Å². The first-order valence-corrected chi connectivity index (χ1v) is 8.92. The lowest BCUT2D eigenvalue weighted by atomic mass is 10.2. The lowest BCUT2D eigenvalue weighted by molar-refractivity contribution is -0.870. The molecule has 0 atom stereocenters. The first-order valence-electron chi connectivity index (χ1n) is 8.92. The molecule has 4 nitrogen and oxygen atoms in total. The summed E-state index contributed by atoms with van der Waals surface area (Å²) in [4.78, 5) is 13.2. The standard InChI is InChI=1S/C21H30N3O.HI/c1-5-22(20-15-10-7-11-16-20)23(17-12-18-24(2,3)4)21(25)19-13-8-6-9-14-19;/h6-11,13-16H,5,12,17-18H2,1-4H3;1H/q+1;/p-1. The van der Waals surface area contributed by atoms with Crippen molar-refractivity contribution in [2.75, 3.05) is 45.8 Å². The average molecular weight is 467 g/mol. The van der Waals surface area contributed by atoms with Crippen LogP contribution in [-0.4, -0.2) is 56.2 Å². The van der Waals surface area contributed by atoms with Crippen LogP contribution in [0, 0.1) is 0 Å². The summed E-state index contributed by atoms with van der Waals surface area (Å²) < 4.78 is 0.894. The Balaban J connectivity index is 0.00000338. The average Bonchev–Trinajstić information content (AvgIpc) is 2.61. The number of hydrogen-bond donors (Lipinski definition) is 0. The number of benzene rings is 2. The Morgan fingerprint density at radius 3 is 1.96 bits per heavy atom. The first-order chi connectivity index (χ1) is 11.9. The zero-order valence-corrected chi connectivity index (χ0v) is 18.4.